The zero-order valence-corrected chi connectivity index (χ0v) is 11.7. The Morgan fingerprint density at radius 2 is 1.89 bits per heavy atom. The first kappa shape index (κ1) is 13.1. The van der Waals surface area contributed by atoms with Gasteiger partial charge in [0.25, 0.3) is 0 Å². The molecule has 0 spiro atoms. The van der Waals surface area contributed by atoms with Crippen molar-refractivity contribution < 1.29 is 0 Å². The first-order valence-electron chi connectivity index (χ1n) is 7.13. The van der Waals surface area contributed by atoms with Crippen LogP contribution in [0.5, 0.6) is 0 Å². The molecule has 1 fully saturated rings. The molecular weight excluding hydrogens is 218 g/mol. The quantitative estimate of drug-likeness (QED) is 0.744. The van der Waals surface area contributed by atoms with Crippen LogP contribution in [-0.4, -0.2) is 0 Å². The van der Waals surface area contributed by atoms with Gasteiger partial charge in [-0.1, -0.05) is 57.9 Å². The molecule has 0 heterocycles. The molecule has 0 bridgehead atoms. The second-order valence-corrected chi connectivity index (χ2v) is 6.03. The van der Waals surface area contributed by atoms with E-state index in [2.05, 4.69) is 51.1 Å². The third-order valence-electron chi connectivity index (χ3n) is 4.32. The fourth-order valence-corrected chi connectivity index (χ4v) is 3.12. The van der Waals surface area contributed by atoms with Crippen molar-refractivity contribution in [3.8, 4) is 6.07 Å². The Morgan fingerprint density at radius 3 is 2.33 bits per heavy atom. The molecule has 0 N–H and O–H groups in total. The highest BCUT2D eigenvalue weighted by Gasteiger charge is 2.45. The van der Waals surface area contributed by atoms with Crippen LogP contribution >= 0.6 is 0 Å². The minimum atomic E-state index is -0.185. The first-order valence-corrected chi connectivity index (χ1v) is 7.13. The van der Waals surface area contributed by atoms with Crippen LogP contribution in [0, 0.1) is 17.2 Å². The lowest BCUT2D eigenvalue weighted by Crippen LogP contribution is -2.39. The lowest BCUT2D eigenvalue weighted by molar-refractivity contribution is 0.184. The van der Waals surface area contributed by atoms with Crippen molar-refractivity contribution in [1.29, 1.82) is 5.26 Å². The van der Waals surface area contributed by atoms with Crippen LogP contribution in [0.2, 0.25) is 0 Å². The number of nitriles is 1. The van der Waals surface area contributed by atoms with Crippen molar-refractivity contribution in [1.82, 2.24) is 0 Å². The maximum atomic E-state index is 9.50. The molecule has 2 rings (SSSR count). The Bertz CT molecular complexity index is 430. The van der Waals surface area contributed by atoms with Crippen molar-refractivity contribution in [2.45, 2.75) is 57.8 Å². The van der Waals surface area contributed by atoms with E-state index in [1.807, 2.05) is 0 Å². The predicted octanol–water partition coefficient (Wildman–Crippen LogP) is 4.78. The molecule has 1 aliphatic rings. The Balaban J connectivity index is 2.13. The van der Waals surface area contributed by atoms with E-state index in [-0.39, 0.29) is 5.41 Å². The van der Waals surface area contributed by atoms with Crippen LogP contribution in [0.25, 0.3) is 0 Å². The molecule has 0 aromatic heterocycles. The van der Waals surface area contributed by atoms with Crippen LogP contribution in [0.3, 0.4) is 0 Å². The molecule has 0 saturated heterocycles. The standard InChI is InChI=1S/C17H23N/c1-4-5-14-10-17(11-14,12-18)16-8-6-15(7-9-16)13(2)3/h6-9,13-14H,4-5,10-11H2,1-3H3. The predicted molar refractivity (Wildman–Crippen MR) is 75.5 cm³/mol. The molecule has 18 heavy (non-hydrogen) atoms. The Labute approximate surface area is 111 Å². The monoisotopic (exact) mass is 241 g/mol. The lowest BCUT2D eigenvalue weighted by Gasteiger charge is -2.43. The summed E-state index contributed by atoms with van der Waals surface area (Å²) in [5.74, 6) is 1.32. The van der Waals surface area contributed by atoms with E-state index in [4.69, 9.17) is 0 Å². The van der Waals surface area contributed by atoms with Crippen molar-refractivity contribution in [2.75, 3.05) is 0 Å². The van der Waals surface area contributed by atoms with E-state index >= 15 is 0 Å². The third-order valence-corrected chi connectivity index (χ3v) is 4.32. The normalized spacial score (nSPS) is 26.7. The summed E-state index contributed by atoms with van der Waals surface area (Å²) >= 11 is 0. The van der Waals surface area contributed by atoms with E-state index in [0.717, 1.165) is 18.8 Å². The Kier molecular flexibility index (Phi) is 3.76. The van der Waals surface area contributed by atoms with Gasteiger partial charge in [-0.2, -0.15) is 5.26 Å². The minimum Gasteiger partial charge on any atom is -0.197 e. The number of rotatable bonds is 4. The Morgan fingerprint density at radius 1 is 1.28 bits per heavy atom. The Hall–Kier alpha value is -1.29. The van der Waals surface area contributed by atoms with Gasteiger partial charge < -0.3 is 0 Å². The van der Waals surface area contributed by atoms with E-state index in [9.17, 15) is 5.26 Å². The van der Waals surface area contributed by atoms with Gasteiger partial charge in [0.15, 0.2) is 0 Å². The SMILES string of the molecule is CCCC1CC(C#N)(c2ccc(C(C)C)cc2)C1. The van der Waals surface area contributed by atoms with Gasteiger partial charge in [0.05, 0.1) is 11.5 Å². The van der Waals surface area contributed by atoms with Gasteiger partial charge in [-0.25, -0.2) is 0 Å². The van der Waals surface area contributed by atoms with E-state index in [1.54, 1.807) is 0 Å². The van der Waals surface area contributed by atoms with Crippen LogP contribution in [-0.2, 0) is 5.41 Å². The summed E-state index contributed by atoms with van der Waals surface area (Å²) in [6.07, 6.45) is 4.61. The van der Waals surface area contributed by atoms with Crippen molar-refractivity contribution in [3.63, 3.8) is 0 Å². The summed E-state index contributed by atoms with van der Waals surface area (Å²) < 4.78 is 0. The highest BCUT2D eigenvalue weighted by molar-refractivity contribution is 5.38. The van der Waals surface area contributed by atoms with E-state index in [1.165, 1.54) is 24.0 Å². The zero-order valence-electron chi connectivity index (χ0n) is 11.7. The van der Waals surface area contributed by atoms with Crippen molar-refractivity contribution in [2.24, 2.45) is 5.92 Å². The van der Waals surface area contributed by atoms with Gasteiger partial charge in [-0.15, -0.1) is 0 Å². The molecule has 1 saturated carbocycles. The largest absolute Gasteiger partial charge is 0.197 e. The number of hydrogen-bond acceptors (Lipinski definition) is 1. The van der Waals surface area contributed by atoms with Crippen LogP contribution in [0.1, 0.15) is 63.5 Å². The summed E-state index contributed by atoms with van der Waals surface area (Å²) in [7, 11) is 0. The lowest BCUT2D eigenvalue weighted by atomic mass is 9.58. The molecule has 1 nitrogen and oxygen atoms in total. The van der Waals surface area contributed by atoms with Gasteiger partial charge in [0.2, 0.25) is 0 Å². The smallest absolute Gasteiger partial charge is 0.0827 e. The topological polar surface area (TPSA) is 23.8 Å². The molecule has 0 aliphatic heterocycles. The third kappa shape index (κ3) is 2.29. The second-order valence-electron chi connectivity index (χ2n) is 6.03. The molecule has 1 aromatic carbocycles. The maximum Gasteiger partial charge on any atom is 0.0827 e. The minimum absolute atomic E-state index is 0.185. The van der Waals surface area contributed by atoms with Crippen LogP contribution in [0.4, 0.5) is 0 Å². The van der Waals surface area contributed by atoms with Crippen LogP contribution < -0.4 is 0 Å². The summed E-state index contributed by atoms with van der Waals surface area (Å²) in [5.41, 5.74) is 2.40. The molecule has 0 unspecified atom stereocenters. The molecule has 96 valence electrons. The van der Waals surface area contributed by atoms with Gasteiger partial charge >= 0.3 is 0 Å². The maximum absolute atomic E-state index is 9.50. The average Bonchev–Trinajstić information content (AvgIpc) is 2.33. The molecule has 0 radical (unpaired) electrons. The highest BCUT2D eigenvalue weighted by Crippen LogP contribution is 2.49. The molecule has 1 aliphatic carbocycles. The van der Waals surface area contributed by atoms with Gasteiger partial charge in [-0.05, 0) is 35.8 Å². The molecule has 1 heteroatoms. The van der Waals surface area contributed by atoms with Gasteiger partial charge in [-0.3, -0.25) is 0 Å². The fraction of sp³-hybridized carbons (Fsp3) is 0.588. The second kappa shape index (κ2) is 5.14. The van der Waals surface area contributed by atoms with Crippen molar-refractivity contribution in [3.05, 3.63) is 35.4 Å². The molecule has 0 atom stereocenters. The number of hydrogen-bond donors (Lipinski definition) is 0. The summed E-state index contributed by atoms with van der Waals surface area (Å²) in [4.78, 5) is 0. The molecule has 0 amide bonds. The van der Waals surface area contributed by atoms with Crippen molar-refractivity contribution >= 4 is 0 Å². The number of benzene rings is 1. The van der Waals surface area contributed by atoms with Gasteiger partial charge in [0.1, 0.15) is 0 Å². The zero-order chi connectivity index (χ0) is 13.2. The van der Waals surface area contributed by atoms with E-state index < -0.39 is 0 Å². The number of nitrogens with zero attached hydrogens (tertiary/aromatic N) is 1. The highest BCUT2D eigenvalue weighted by atomic mass is 14.5. The average molecular weight is 241 g/mol. The summed E-state index contributed by atoms with van der Waals surface area (Å²) in [6.45, 7) is 6.63. The summed E-state index contributed by atoms with van der Waals surface area (Å²) in [6, 6.07) is 11.3. The van der Waals surface area contributed by atoms with Gasteiger partial charge in [0, 0.05) is 0 Å². The first-order chi connectivity index (χ1) is 8.61. The molecule has 1 aromatic rings. The fourth-order valence-electron chi connectivity index (χ4n) is 3.12. The van der Waals surface area contributed by atoms with Crippen LogP contribution in [0.15, 0.2) is 24.3 Å². The summed E-state index contributed by atoms with van der Waals surface area (Å²) in [5, 5.41) is 9.50. The molecular formula is C17H23N. The van der Waals surface area contributed by atoms with E-state index in [0.29, 0.717) is 5.92 Å².